The van der Waals surface area contributed by atoms with Crippen LogP contribution in [-0.4, -0.2) is 23.6 Å². The van der Waals surface area contributed by atoms with E-state index in [1.807, 2.05) is 18.2 Å². The summed E-state index contributed by atoms with van der Waals surface area (Å²) in [6, 6.07) is 6.00. The maximum atomic E-state index is 12.4. The van der Waals surface area contributed by atoms with Gasteiger partial charge in [0.25, 0.3) is 5.91 Å². The predicted molar refractivity (Wildman–Crippen MR) is 99.5 cm³/mol. The van der Waals surface area contributed by atoms with Gasteiger partial charge in [-0.2, -0.15) is 0 Å². The summed E-state index contributed by atoms with van der Waals surface area (Å²) in [4.78, 5) is 24.5. The minimum absolute atomic E-state index is 0.258. The summed E-state index contributed by atoms with van der Waals surface area (Å²) in [5.41, 5.74) is 3.63. The quantitative estimate of drug-likeness (QED) is 0.777. The van der Waals surface area contributed by atoms with E-state index in [9.17, 15) is 9.59 Å². The lowest BCUT2D eigenvalue weighted by atomic mass is 9.92. The number of nitrogens with one attached hydrogen (secondary N) is 1. The second-order valence-corrected chi connectivity index (χ2v) is 6.94. The summed E-state index contributed by atoms with van der Waals surface area (Å²) in [5, 5.41) is 6.63. The van der Waals surface area contributed by atoms with Crippen LogP contribution in [0.1, 0.15) is 72.5 Å². The van der Waals surface area contributed by atoms with E-state index in [0.717, 1.165) is 16.8 Å². The molecule has 1 heterocycles. The van der Waals surface area contributed by atoms with E-state index in [0.29, 0.717) is 11.5 Å². The molecule has 0 fully saturated rings. The van der Waals surface area contributed by atoms with Gasteiger partial charge in [0.1, 0.15) is 11.3 Å². The van der Waals surface area contributed by atoms with E-state index >= 15 is 0 Å². The molecule has 6 nitrogen and oxygen atoms in total. The average molecular weight is 358 g/mol. The first-order chi connectivity index (χ1) is 12.2. The molecule has 6 heteroatoms. The Bertz CT molecular complexity index is 760. The molecule has 0 aliphatic carbocycles. The number of carbonyl (C=O) groups is 2. The maximum absolute atomic E-state index is 12.4. The molecule has 0 saturated heterocycles. The summed E-state index contributed by atoms with van der Waals surface area (Å²) in [7, 11) is 0. The van der Waals surface area contributed by atoms with Gasteiger partial charge in [0.15, 0.2) is 6.61 Å². The van der Waals surface area contributed by atoms with Crippen molar-refractivity contribution in [2.75, 3.05) is 11.9 Å². The van der Waals surface area contributed by atoms with Gasteiger partial charge < -0.3 is 14.6 Å². The largest absolute Gasteiger partial charge is 0.452 e. The van der Waals surface area contributed by atoms with Crippen LogP contribution < -0.4 is 5.32 Å². The van der Waals surface area contributed by atoms with Gasteiger partial charge in [-0.1, -0.05) is 51.1 Å². The van der Waals surface area contributed by atoms with Crippen LogP contribution in [-0.2, 0) is 9.53 Å². The van der Waals surface area contributed by atoms with Gasteiger partial charge in [-0.3, -0.25) is 4.79 Å². The number of anilines is 1. The number of ether oxygens (including phenoxy) is 1. The van der Waals surface area contributed by atoms with Crippen LogP contribution in [0.3, 0.4) is 0 Å². The molecule has 1 aromatic carbocycles. The van der Waals surface area contributed by atoms with E-state index in [1.54, 1.807) is 13.8 Å². The van der Waals surface area contributed by atoms with Crippen molar-refractivity contribution in [3.63, 3.8) is 0 Å². The van der Waals surface area contributed by atoms with Gasteiger partial charge in [0.2, 0.25) is 0 Å². The molecule has 1 amide bonds. The highest BCUT2D eigenvalue weighted by Crippen LogP contribution is 2.32. The molecule has 0 aliphatic rings. The lowest BCUT2D eigenvalue weighted by Crippen LogP contribution is -2.23. The van der Waals surface area contributed by atoms with Crippen molar-refractivity contribution in [2.45, 2.75) is 53.4 Å². The summed E-state index contributed by atoms with van der Waals surface area (Å²) in [5.74, 6) is -0.0967. The van der Waals surface area contributed by atoms with Crippen molar-refractivity contribution in [1.82, 2.24) is 5.16 Å². The number of hydrogen-bond acceptors (Lipinski definition) is 5. The van der Waals surface area contributed by atoms with Crippen molar-refractivity contribution in [3.8, 4) is 0 Å². The van der Waals surface area contributed by atoms with Gasteiger partial charge in [-0.05, 0) is 36.8 Å². The number of para-hydroxylation sites is 1. The van der Waals surface area contributed by atoms with Gasteiger partial charge in [-0.25, -0.2) is 4.79 Å². The Morgan fingerprint density at radius 2 is 1.69 bits per heavy atom. The van der Waals surface area contributed by atoms with Crippen LogP contribution in [0.2, 0.25) is 0 Å². The first kappa shape index (κ1) is 19.7. The SMILES string of the molecule is Cc1noc(C)c1C(=O)OCC(=O)Nc1c(C(C)C)cccc1C(C)C. The monoisotopic (exact) mass is 358 g/mol. The van der Waals surface area contributed by atoms with Crippen molar-refractivity contribution >= 4 is 17.6 Å². The van der Waals surface area contributed by atoms with Gasteiger partial charge in [-0.15, -0.1) is 0 Å². The highest BCUT2D eigenvalue weighted by atomic mass is 16.5. The van der Waals surface area contributed by atoms with E-state index in [-0.39, 0.29) is 29.9 Å². The Morgan fingerprint density at radius 3 is 2.15 bits per heavy atom. The highest BCUT2D eigenvalue weighted by Gasteiger charge is 2.21. The average Bonchev–Trinajstić information content (AvgIpc) is 2.91. The van der Waals surface area contributed by atoms with Crippen molar-refractivity contribution < 1.29 is 18.8 Å². The Labute approximate surface area is 153 Å². The second kappa shape index (κ2) is 8.17. The number of nitrogens with zero attached hydrogens (tertiary/aromatic N) is 1. The number of rotatable bonds is 6. The zero-order valence-corrected chi connectivity index (χ0v) is 16.2. The fraction of sp³-hybridized carbons (Fsp3) is 0.450. The minimum atomic E-state index is -0.613. The number of aromatic nitrogens is 1. The zero-order chi connectivity index (χ0) is 19.4. The van der Waals surface area contributed by atoms with Crippen LogP contribution in [0.5, 0.6) is 0 Å². The van der Waals surface area contributed by atoms with E-state index in [2.05, 4.69) is 38.2 Å². The molecule has 2 rings (SSSR count). The lowest BCUT2D eigenvalue weighted by Gasteiger charge is -2.20. The standard InChI is InChI=1S/C20H26N2O4/c1-11(2)15-8-7-9-16(12(3)4)19(15)21-17(23)10-25-20(24)18-13(5)22-26-14(18)6/h7-9,11-12H,10H2,1-6H3,(H,21,23). The molecule has 0 radical (unpaired) electrons. The van der Waals surface area contributed by atoms with Crippen molar-refractivity contribution in [2.24, 2.45) is 0 Å². The Balaban J connectivity index is 2.12. The van der Waals surface area contributed by atoms with Gasteiger partial charge in [0, 0.05) is 5.69 Å². The molecule has 0 aliphatic heterocycles. The van der Waals surface area contributed by atoms with Crippen LogP contribution in [0.4, 0.5) is 5.69 Å². The smallest absolute Gasteiger partial charge is 0.344 e. The predicted octanol–water partition coefficient (Wildman–Crippen LogP) is 4.33. The third-order valence-corrected chi connectivity index (χ3v) is 4.21. The Kier molecular flexibility index (Phi) is 6.18. The maximum Gasteiger partial charge on any atom is 0.344 e. The number of amides is 1. The first-order valence-corrected chi connectivity index (χ1v) is 8.75. The summed E-state index contributed by atoms with van der Waals surface area (Å²) in [6.45, 7) is 11.2. The van der Waals surface area contributed by atoms with E-state index < -0.39 is 5.97 Å². The number of hydrogen-bond donors (Lipinski definition) is 1. The number of aryl methyl sites for hydroxylation is 2. The molecule has 140 valence electrons. The fourth-order valence-electron chi connectivity index (χ4n) is 2.85. The topological polar surface area (TPSA) is 81.4 Å². The molecule has 0 unspecified atom stereocenters. The zero-order valence-electron chi connectivity index (χ0n) is 16.2. The molecular weight excluding hydrogens is 332 g/mol. The fourth-order valence-corrected chi connectivity index (χ4v) is 2.85. The molecule has 0 saturated carbocycles. The van der Waals surface area contributed by atoms with Crippen LogP contribution in [0, 0.1) is 13.8 Å². The molecule has 2 aromatic rings. The third kappa shape index (κ3) is 4.31. The third-order valence-electron chi connectivity index (χ3n) is 4.21. The molecule has 0 spiro atoms. The van der Waals surface area contributed by atoms with E-state index in [1.165, 1.54) is 0 Å². The molecule has 0 bridgehead atoms. The van der Waals surface area contributed by atoms with Crippen LogP contribution in [0.15, 0.2) is 22.7 Å². The lowest BCUT2D eigenvalue weighted by molar-refractivity contribution is -0.119. The molecule has 26 heavy (non-hydrogen) atoms. The van der Waals surface area contributed by atoms with Crippen molar-refractivity contribution in [1.29, 1.82) is 0 Å². The second-order valence-electron chi connectivity index (χ2n) is 6.94. The van der Waals surface area contributed by atoms with E-state index in [4.69, 9.17) is 9.26 Å². The van der Waals surface area contributed by atoms with Crippen LogP contribution >= 0.6 is 0 Å². The van der Waals surface area contributed by atoms with Crippen LogP contribution in [0.25, 0.3) is 0 Å². The molecule has 0 atom stereocenters. The number of benzene rings is 1. The summed E-state index contributed by atoms with van der Waals surface area (Å²) >= 11 is 0. The summed E-state index contributed by atoms with van der Waals surface area (Å²) < 4.78 is 10.1. The number of carbonyl (C=O) groups excluding carboxylic acids is 2. The number of esters is 1. The Hall–Kier alpha value is -2.63. The van der Waals surface area contributed by atoms with Gasteiger partial charge in [0.05, 0.1) is 5.69 Å². The molecular formula is C20H26N2O4. The molecule has 1 aromatic heterocycles. The minimum Gasteiger partial charge on any atom is -0.452 e. The first-order valence-electron chi connectivity index (χ1n) is 8.75. The highest BCUT2D eigenvalue weighted by molar-refractivity contribution is 5.97. The summed E-state index contributed by atoms with van der Waals surface area (Å²) in [6.07, 6.45) is 0. The van der Waals surface area contributed by atoms with Crippen molar-refractivity contribution in [3.05, 3.63) is 46.3 Å². The normalized spacial score (nSPS) is 11.1. The van der Waals surface area contributed by atoms with Gasteiger partial charge >= 0.3 is 5.97 Å². The molecule has 1 N–H and O–H groups in total. The Morgan fingerprint density at radius 1 is 1.12 bits per heavy atom.